The molecule has 2 rings (SSSR count). The molecule has 0 aromatic rings. The summed E-state index contributed by atoms with van der Waals surface area (Å²) in [5.41, 5.74) is -0.113. The molecule has 108 valence electrons. The van der Waals surface area contributed by atoms with Crippen LogP contribution in [0.4, 0.5) is 4.79 Å². The van der Waals surface area contributed by atoms with Gasteiger partial charge in [0, 0.05) is 5.54 Å². The Labute approximate surface area is 114 Å². The lowest BCUT2D eigenvalue weighted by molar-refractivity contribution is -0.139. The van der Waals surface area contributed by atoms with E-state index in [0.29, 0.717) is 12.3 Å². The summed E-state index contributed by atoms with van der Waals surface area (Å²) in [6.45, 7) is 1.98. The van der Waals surface area contributed by atoms with Crippen molar-refractivity contribution in [1.29, 1.82) is 0 Å². The Bertz CT molecular complexity index is 347. The SMILES string of the molecule is CC1(NC(=O)NC(CC2CCCCC2)C(=O)O)CC1. The monoisotopic (exact) mass is 268 g/mol. The maximum Gasteiger partial charge on any atom is 0.326 e. The van der Waals surface area contributed by atoms with Gasteiger partial charge in [-0.3, -0.25) is 0 Å². The summed E-state index contributed by atoms with van der Waals surface area (Å²) >= 11 is 0. The summed E-state index contributed by atoms with van der Waals surface area (Å²) in [6, 6.07) is -1.10. The summed E-state index contributed by atoms with van der Waals surface area (Å²) in [5, 5.41) is 14.7. The maximum absolute atomic E-state index is 11.8. The number of carboxylic acid groups (broad SMARTS) is 1. The summed E-state index contributed by atoms with van der Waals surface area (Å²) in [6.07, 6.45) is 8.29. The Kier molecular flexibility index (Phi) is 4.32. The number of hydrogen-bond acceptors (Lipinski definition) is 2. The van der Waals surface area contributed by atoms with Crippen molar-refractivity contribution in [2.75, 3.05) is 0 Å². The minimum atomic E-state index is -0.929. The molecule has 0 bridgehead atoms. The smallest absolute Gasteiger partial charge is 0.326 e. The van der Waals surface area contributed by atoms with Crippen molar-refractivity contribution in [2.45, 2.75) is 69.9 Å². The van der Waals surface area contributed by atoms with Crippen molar-refractivity contribution >= 4 is 12.0 Å². The molecule has 0 aromatic heterocycles. The van der Waals surface area contributed by atoms with Crippen molar-refractivity contribution in [3.8, 4) is 0 Å². The highest BCUT2D eigenvalue weighted by Crippen LogP contribution is 2.34. The van der Waals surface area contributed by atoms with Crippen LogP contribution in [0, 0.1) is 5.92 Å². The number of amides is 2. The van der Waals surface area contributed by atoms with Gasteiger partial charge < -0.3 is 15.7 Å². The number of nitrogens with one attached hydrogen (secondary N) is 2. The third kappa shape index (κ3) is 4.40. The molecular formula is C14H24N2O3. The van der Waals surface area contributed by atoms with E-state index in [9.17, 15) is 14.7 Å². The normalized spacial score (nSPS) is 23.4. The van der Waals surface area contributed by atoms with Crippen LogP contribution in [0.5, 0.6) is 0 Å². The second-order valence-electron chi connectivity index (χ2n) is 6.29. The van der Waals surface area contributed by atoms with E-state index in [1.165, 1.54) is 19.3 Å². The fourth-order valence-corrected chi connectivity index (χ4v) is 2.76. The largest absolute Gasteiger partial charge is 0.480 e. The zero-order chi connectivity index (χ0) is 13.9. The molecule has 2 saturated carbocycles. The Morgan fingerprint density at radius 3 is 2.42 bits per heavy atom. The third-order valence-corrected chi connectivity index (χ3v) is 4.31. The third-order valence-electron chi connectivity index (χ3n) is 4.31. The van der Waals surface area contributed by atoms with Crippen LogP contribution in [0.25, 0.3) is 0 Å². The zero-order valence-corrected chi connectivity index (χ0v) is 11.6. The topological polar surface area (TPSA) is 78.4 Å². The lowest BCUT2D eigenvalue weighted by Gasteiger charge is -2.25. The van der Waals surface area contributed by atoms with Crippen molar-refractivity contribution in [3.63, 3.8) is 0 Å². The van der Waals surface area contributed by atoms with Gasteiger partial charge in [-0.15, -0.1) is 0 Å². The Hall–Kier alpha value is -1.26. The molecule has 2 aliphatic carbocycles. The molecule has 0 radical (unpaired) electrons. The number of carbonyl (C=O) groups excluding carboxylic acids is 1. The quantitative estimate of drug-likeness (QED) is 0.715. The van der Waals surface area contributed by atoms with Gasteiger partial charge in [-0.2, -0.15) is 0 Å². The Balaban J connectivity index is 1.81. The summed E-state index contributed by atoms with van der Waals surface area (Å²) in [7, 11) is 0. The number of urea groups is 1. The second kappa shape index (κ2) is 5.80. The number of rotatable bonds is 5. The highest BCUT2D eigenvalue weighted by atomic mass is 16.4. The molecule has 5 nitrogen and oxygen atoms in total. The zero-order valence-electron chi connectivity index (χ0n) is 11.6. The minimum Gasteiger partial charge on any atom is -0.480 e. The van der Waals surface area contributed by atoms with Crippen LogP contribution in [-0.4, -0.2) is 28.7 Å². The van der Waals surface area contributed by atoms with Gasteiger partial charge in [0.25, 0.3) is 0 Å². The molecule has 2 aliphatic rings. The highest BCUT2D eigenvalue weighted by molar-refractivity contribution is 5.83. The van der Waals surface area contributed by atoms with E-state index in [2.05, 4.69) is 10.6 Å². The van der Waals surface area contributed by atoms with Crippen LogP contribution in [0.1, 0.15) is 58.3 Å². The van der Waals surface area contributed by atoms with Crippen molar-refractivity contribution in [3.05, 3.63) is 0 Å². The fraction of sp³-hybridized carbons (Fsp3) is 0.857. The summed E-state index contributed by atoms with van der Waals surface area (Å²) in [5.74, 6) is -0.492. The number of carbonyl (C=O) groups is 2. The van der Waals surface area contributed by atoms with E-state index in [0.717, 1.165) is 25.7 Å². The molecule has 1 unspecified atom stereocenters. The van der Waals surface area contributed by atoms with E-state index in [4.69, 9.17) is 0 Å². The molecule has 0 spiro atoms. The first-order valence-corrected chi connectivity index (χ1v) is 7.30. The standard InChI is InChI=1S/C14H24N2O3/c1-14(7-8-14)16-13(19)15-11(12(17)18)9-10-5-3-2-4-6-10/h10-11H,2-9H2,1H3,(H,17,18)(H2,15,16,19). The molecule has 0 saturated heterocycles. The fourth-order valence-electron chi connectivity index (χ4n) is 2.76. The van der Waals surface area contributed by atoms with Crippen molar-refractivity contribution < 1.29 is 14.7 Å². The van der Waals surface area contributed by atoms with Crippen LogP contribution in [0.3, 0.4) is 0 Å². The second-order valence-corrected chi connectivity index (χ2v) is 6.29. The molecule has 3 N–H and O–H groups in total. The summed E-state index contributed by atoms with van der Waals surface area (Å²) < 4.78 is 0. The van der Waals surface area contributed by atoms with Crippen LogP contribution in [0.2, 0.25) is 0 Å². The average molecular weight is 268 g/mol. The molecule has 0 aromatic carbocycles. The Morgan fingerprint density at radius 1 is 1.26 bits per heavy atom. The average Bonchev–Trinajstić information content (AvgIpc) is 3.07. The molecule has 19 heavy (non-hydrogen) atoms. The predicted octanol–water partition coefficient (Wildman–Crippen LogP) is 2.26. The molecule has 0 aliphatic heterocycles. The van der Waals surface area contributed by atoms with Gasteiger partial charge in [0.15, 0.2) is 0 Å². The first kappa shape index (κ1) is 14.2. The van der Waals surface area contributed by atoms with Crippen LogP contribution >= 0.6 is 0 Å². The van der Waals surface area contributed by atoms with Crippen molar-refractivity contribution in [2.24, 2.45) is 5.92 Å². The van der Waals surface area contributed by atoms with Gasteiger partial charge >= 0.3 is 12.0 Å². The number of hydrogen-bond donors (Lipinski definition) is 3. The maximum atomic E-state index is 11.8. The highest BCUT2D eigenvalue weighted by Gasteiger charge is 2.39. The molecule has 0 heterocycles. The van der Waals surface area contributed by atoms with Crippen molar-refractivity contribution in [1.82, 2.24) is 10.6 Å². The van der Waals surface area contributed by atoms with E-state index in [-0.39, 0.29) is 11.6 Å². The van der Waals surface area contributed by atoms with E-state index < -0.39 is 12.0 Å². The number of carboxylic acids is 1. The van der Waals surface area contributed by atoms with Gasteiger partial charge in [-0.1, -0.05) is 32.1 Å². The molecule has 5 heteroatoms. The van der Waals surface area contributed by atoms with E-state index in [1.54, 1.807) is 0 Å². The number of aliphatic carboxylic acids is 1. The lowest BCUT2D eigenvalue weighted by atomic mass is 9.85. The van der Waals surface area contributed by atoms with Crippen LogP contribution in [0.15, 0.2) is 0 Å². The molecule has 2 fully saturated rings. The van der Waals surface area contributed by atoms with E-state index in [1.807, 2.05) is 6.92 Å². The van der Waals surface area contributed by atoms with E-state index >= 15 is 0 Å². The van der Waals surface area contributed by atoms with Gasteiger partial charge in [0.05, 0.1) is 0 Å². The molecule has 2 amide bonds. The van der Waals surface area contributed by atoms with Crippen LogP contribution < -0.4 is 10.6 Å². The lowest BCUT2D eigenvalue weighted by Crippen LogP contribution is -2.49. The van der Waals surface area contributed by atoms with Gasteiger partial charge in [-0.05, 0) is 32.1 Å². The first-order valence-electron chi connectivity index (χ1n) is 7.30. The van der Waals surface area contributed by atoms with Gasteiger partial charge in [0.1, 0.15) is 6.04 Å². The molecular weight excluding hydrogens is 244 g/mol. The predicted molar refractivity (Wildman–Crippen MR) is 71.9 cm³/mol. The molecule has 1 atom stereocenters. The van der Waals surface area contributed by atoms with Crippen LogP contribution in [-0.2, 0) is 4.79 Å². The Morgan fingerprint density at radius 2 is 1.89 bits per heavy atom. The minimum absolute atomic E-state index is 0.113. The summed E-state index contributed by atoms with van der Waals surface area (Å²) in [4.78, 5) is 23.0. The van der Waals surface area contributed by atoms with Gasteiger partial charge in [0.2, 0.25) is 0 Å². The first-order chi connectivity index (χ1) is 8.98. The van der Waals surface area contributed by atoms with Gasteiger partial charge in [-0.25, -0.2) is 9.59 Å².